The molecule has 0 radical (unpaired) electrons. The zero-order valence-electron chi connectivity index (χ0n) is 11.8. The van der Waals surface area contributed by atoms with Crippen LogP contribution in [0.25, 0.3) is 10.9 Å². The lowest BCUT2D eigenvalue weighted by atomic mass is 9.97. The zero-order chi connectivity index (χ0) is 13.8. The molecule has 0 saturated heterocycles. The molecule has 3 nitrogen and oxygen atoms in total. The Kier molecular flexibility index (Phi) is 4.25. The molecular formula is C16H21NO2. The molecule has 19 heavy (non-hydrogen) atoms. The molecule has 1 heterocycles. The first-order valence-electron chi connectivity index (χ1n) is 6.93. The maximum atomic E-state index is 12.4. The Balaban J connectivity index is 2.40. The van der Waals surface area contributed by atoms with Crippen LogP contribution in [-0.4, -0.2) is 17.4 Å². The maximum absolute atomic E-state index is 12.4. The highest BCUT2D eigenvalue weighted by Crippen LogP contribution is 2.30. The molecule has 2 rings (SSSR count). The highest BCUT2D eigenvalue weighted by Gasteiger charge is 2.17. The number of ether oxygens (including phenoxy) is 1. The van der Waals surface area contributed by atoms with Gasteiger partial charge in [-0.3, -0.25) is 4.79 Å². The maximum Gasteiger partial charge on any atom is 0.165 e. The van der Waals surface area contributed by atoms with Gasteiger partial charge < -0.3 is 9.72 Å². The summed E-state index contributed by atoms with van der Waals surface area (Å²) in [5.74, 6) is 1.39. The monoisotopic (exact) mass is 259 g/mol. The van der Waals surface area contributed by atoms with Gasteiger partial charge in [-0.15, -0.1) is 0 Å². The number of H-pyrrole nitrogens is 1. The number of aromatic amines is 1. The normalized spacial score (nSPS) is 12.6. The molecule has 0 bridgehead atoms. The third-order valence-corrected chi connectivity index (χ3v) is 3.50. The van der Waals surface area contributed by atoms with Crippen molar-refractivity contribution in [2.24, 2.45) is 5.92 Å². The van der Waals surface area contributed by atoms with Crippen LogP contribution < -0.4 is 4.74 Å². The largest absolute Gasteiger partial charge is 0.493 e. The number of Topliss-reactive ketones (excluding diaryl/α,β-unsaturated/α-hetero) is 1. The Labute approximate surface area is 114 Å². The van der Waals surface area contributed by atoms with Crippen LogP contribution in [0.15, 0.2) is 24.4 Å². The summed E-state index contributed by atoms with van der Waals surface area (Å²) < 4.78 is 5.63. The highest BCUT2D eigenvalue weighted by atomic mass is 16.5. The van der Waals surface area contributed by atoms with Gasteiger partial charge >= 0.3 is 0 Å². The van der Waals surface area contributed by atoms with Crippen molar-refractivity contribution in [3.8, 4) is 5.75 Å². The first kappa shape index (κ1) is 13.7. The van der Waals surface area contributed by atoms with Gasteiger partial charge in [-0.05, 0) is 25.0 Å². The summed E-state index contributed by atoms with van der Waals surface area (Å²) in [5, 5.41) is 0.914. The molecule has 1 atom stereocenters. The van der Waals surface area contributed by atoms with E-state index in [0.29, 0.717) is 18.9 Å². The van der Waals surface area contributed by atoms with Gasteiger partial charge in [-0.25, -0.2) is 0 Å². The summed E-state index contributed by atoms with van der Waals surface area (Å²) in [6.07, 6.45) is 3.41. The number of carbonyl (C=O) groups excluding carboxylic acids is 1. The van der Waals surface area contributed by atoms with Crippen LogP contribution in [-0.2, 0) is 0 Å². The number of benzene rings is 1. The van der Waals surface area contributed by atoms with Gasteiger partial charge in [0.05, 0.1) is 12.0 Å². The zero-order valence-corrected chi connectivity index (χ0v) is 11.8. The lowest BCUT2D eigenvalue weighted by molar-refractivity contribution is 0.0965. The molecule has 3 heteroatoms. The van der Waals surface area contributed by atoms with Crippen molar-refractivity contribution in [3.05, 3.63) is 30.0 Å². The fourth-order valence-electron chi connectivity index (χ4n) is 2.22. The standard InChI is InChI=1S/C16H21NO2/c1-4-11(3)9-14(18)12-10-17-13-7-6-8-15(16(12)13)19-5-2/h6-8,10-11,17H,4-5,9H2,1-3H3. The average Bonchev–Trinajstić information content (AvgIpc) is 2.84. The van der Waals surface area contributed by atoms with Gasteiger partial charge in [0.25, 0.3) is 0 Å². The Bertz CT molecular complexity index is 571. The quantitative estimate of drug-likeness (QED) is 0.790. The number of carbonyl (C=O) groups is 1. The number of hydrogen-bond donors (Lipinski definition) is 1. The van der Waals surface area contributed by atoms with Crippen LogP contribution >= 0.6 is 0 Å². The van der Waals surface area contributed by atoms with E-state index in [9.17, 15) is 4.79 Å². The third-order valence-electron chi connectivity index (χ3n) is 3.50. The van der Waals surface area contributed by atoms with Crippen molar-refractivity contribution in [3.63, 3.8) is 0 Å². The minimum atomic E-state index is 0.188. The van der Waals surface area contributed by atoms with E-state index in [2.05, 4.69) is 18.8 Å². The van der Waals surface area contributed by atoms with Crippen LogP contribution in [0, 0.1) is 5.92 Å². The number of ketones is 1. The third kappa shape index (κ3) is 2.80. The van der Waals surface area contributed by atoms with Crippen molar-refractivity contribution in [1.29, 1.82) is 0 Å². The van der Waals surface area contributed by atoms with E-state index < -0.39 is 0 Å². The molecule has 0 saturated carbocycles. The minimum Gasteiger partial charge on any atom is -0.493 e. The molecule has 2 aromatic rings. The van der Waals surface area contributed by atoms with Crippen LogP contribution in [0.2, 0.25) is 0 Å². The number of fused-ring (bicyclic) bond motifs is 1. The Hall–Kier alpha value is -1.77. The average molecular weight is 259 g/mol. The molecule has 1 unspecified atom stereocenters. The first-order chi connectivity index (χ1) is 9.17. The summed E-state index contributed by atoms with van der Waals surface area (Å²) in [5.41, 5.74) is 1.71. The van der Waals surface area contributed by atoms with Crippen LogP contribution in [0.1, 0.15) is 44.0 Å². The summed E-state index contributed by atoms with van der Waals surface area (Å²) >= 11 is 0. The van der Waals surface area contributed by atoms with E-state index in [1.54, 1.807) is 6.20 Å². The molecular weight excluding hydrogens is 238 g/mol. The van der Waals surface area contributed by atoms with Gasteiger partial charge in [-0.1, -0.05) is 26.3 Å². The Morgan fingerprint density at radius 3 is 2.84 bits per heavy atom. The lowest BCUT2D eigenvalue weighted by Crippen LogP contribution is -2.05. The number of aromatic nitrogens is 1. The van der Waals surface area contributed by atoms with E-state index in [1.807, 2.05) is 25.1 Å². The molecule has 0 aliphatic heterocycles. The molecule has 0 aliphatic rings. The van der Waals surface area contributed by atoms with Gasteiger partial charge in [0.2, 0.25) is 0 Å². The summed E-state index contributed by atoms with van der Waals surface area (Å²) in [4.78, 5) is 15.5. The lowest BCUT2D eigenvalue weighted by Gasteiger charge is -2.09. The van der Waals surface area contributed by atoms with E-state index >= 15 is 0 Å². The SMILES string of the molecule is CCOc1cccc2[nH]cc(C(=O)CC(C)CC)c12. The van der Waals surface area contributed by atoms with E-state index in [-0.39, 0.29) is 5.78 Å². The van der Waals surface area contributed by atoms with Gasteiger partial charge in [0.1, 0.15) is 5.75 Å². The van der Waals surface area contributed by atoms with E-state index in [1.165, 1.54) is 0 Å². The number of nitrogens with one attached hydrogen (secondary N) is 1. The second kappa shape index (κ2) is 5.91. The topological polar surface area (TPSA) is 42.1 Å². The van der Waals surface area contributed by atoms with Crippen LogP contribution in [0.4, 0.5) is 0 Å². The van der Waals surface area contributed by atoms with E-state index in [0.717, 1.165) is 28.6 Å². The van der Waals surface area contributed by atoms with Crippen molar-refractivity contribution >= 4 is 16.7 Å². The second-order valence-electron chi connectivity index (χ2n) is 4.95. The van der Waals surface area contributed by atoms with Gasteiger partial charge in [0.15, 0.2) is 5.78 Å². The molecule has 1 N–H and O–H groups in total. The molecule has 1 aromatic carbocycles. The summed E-state index contributed by atoms with van der Waals surface area (Å²) in [6, 6.07) is 5.82. The summed E-state index contributed by atoms with van der Waals surface area (Å²) in [6.45, 7) is 6.77. The van der Waals surface area contributed by atoms with Crippen LogP contribution in [0.3, 0.4) is 0 Å². The predicted molar refractivity (Wildman–Crippen MR) is 77.9 cm³/mol. The van der Waals surface area contributed by atoms with Crippen molar-refractivity contribution < 1.29 is 9.53 Å². The second-order valence-corrected chi connectivity index (χ2v) is 4.95. The smallest absolute Gasteiger partial charge is 0.165 e. The fraction of sp³-hybridized carbons (Fsp3) is 0.438. The number of hydrogen-bond acceptors (Lipinski definition) is 2. The predicted octanol–water partition coefficient (Wildman–Crippen LogP) is 4.19. The molecule has 0 aliphatic carbocycles. The van der Waals surface area contributed by atoms with Gasteiger partial charge in [-0.2, -0.15) is 0 Å². The fourth-order valence-corrected chi connectivity index (χ4v) is 2.22. The highest BCUT2D eigenvalue weighted by molar-refractivity contribution is 6.10. The van der Waals surface area contributed by atoms with Crippen molar-refractivity contribution in [2.75, 3.05) is 6.61 Å². The van der Waals surface area contributed by atoms with E-state index in [4.69, 9.17) is 4.74 Å². The molecule has 1 aromatic heterocycles. The molecule has 0 spiro atoms. The molecule has 0 amide bonds. The Morgan fingerprint density at radius 2 is 2.16 bits per heavy atom. The summed E-state index contributed by atoms with van der Waals surface area (Å²) in [7, 11) is 0. The van der Waals surface area contributed by atoms with Crippen molar-refractivity contribution in [1.82, 2.24) is 4.98 Å². The minimum absolute atomic E-state index is 0.188. The van der Waals surface area contributed by atoms with Crippen LogP contribution in [0.5, 0.6) is 5.75 Å². The molecule has 0 fully saturated rings. The first-order valence-corrected chi connectivity index (χ1v) is 6.93. The van der Waals surface area contributed by atoms with Gasteiger partial charge in [0, 0.05) is 23.7 Å². The number of rotatable bonds is 6. The molecule has 102 valence electrons. The van der Waals surface area contributed by atoms with Crippen molar-refractivity contribution in [2.45, 2.75) is 33.6 Å². The Morgan fingerprint density at radius 1 is 1.37 bits per heavy atom.